The van der Waals surface area contributed by atoms with E-state index in [2.05, 4.69) is 0 Å². The minimum absolute atomic E-state index is 0.221. The number of carbonyl (C=O) groups excluding carboxylic acids is 3. The Morgan fingerprint density at radius 3 is 0.769 bits per heavy atom. The summed E-state index contributed by atoms with van der Waals surface area (Å²) in [5.74, 6) is 1.23. The van der Waals surface area contributed by atoms with Crippen LogP contribution in [-0.4, -0.2) is 121 Å². The molecule has 15 heteroatoms. The van der Waals surface area contributed by atoms with E-state index < -0.39 is 34.7 Å². The summed E-state index contributed by atoms with van der Waals surface area (Å²) in [4.78, 5) is 40.3. The highest BCUT2D eigenvalue weighted by atomic mass is 16.6. The fourth-order valence-electron chi connectivity index (χ4n) is 9.21. The Kier molecular flexibility index (Phi) is 21.0. The first-order valence-electron chi connectivity index (χ1n) is 26.9. The minimum atomic E-state index is -0.742. The quantitative estimate of drug-likeness (QED) is 0.0993. The second-order valence-electron chi connectivity index (χ2n) is 22.2. The number of para-hydroxylation sites is 5. The highest BCUT2D eigenvalue weighted by molar-refractivity contribution is 5.73. The molecule has 0 spiro atoms. The molecule has 0 aromatic heterocycles. The average molecular weight is 1080 g/mol. The Morgan fingerprint density at radius 2 is 0.538 bits per heavy atom. The van der Waals surface area contributed by atoms with Gasteiger partial charge in [-0.25, -0.2) is 14.4 Å². The number of ether oxygens (including phenoxy) is 12. The summed E-state index contributed by atoms with van der Waals surface area (Å²) in [7, 11) is 0. The van der Waals surface area contributed by atoms with E-state index in [1.807, 2.05) is 153 Å². The van der Waals surface area contributed by atoms with E-state index in [9.17, 15) is 14.4 Å². The first-order chi connectivity index (χ1) is 37.3. The van der Waals surface area contributed by atoms with Gasteiger partial charge in [-0.15, -0.1) is 0 Å². The molecule has 15 nitrogen and oxygen atoms in total. The molecule has 5 aromatic carbocycles. The van der Waals surface area contributed by atoms with Crippen LogP contribution >= 0.6 is 0 Å². The molecule has 0 radical (unpaired) electrons. The third kappa shape index (κ3) is 18.5. The molecule has 0 unspecified atom stereocenters. The molecule has 1 aliphatic carbocycles. The van der Waals surface area contributed by atoms with Crippen LogP contribution in [0.5, 0.6) is 28.7 Å². The number of benzene rings is 5. The van der Waals surface area contributed by atoms with Crippen molar-refractivity contribution in [2.45, 2.75) is 111 Å². The van der Waals surface area contributed by atoms with Crippen molar-refractivity contribution in [1.29, 1.82) is 0 Å². The second kappa shape index (κ2) is 27.8. The number of fused-ring (bicyclic) bond motifs is 4. The number of hydrogen-bond acceptors (Lipinski definition) is 15. The number of hydrogen-bond donors (Lipinski definition) is 0. The van der Waals surface area contributed by atoms with E-state index >= 15 is 0 Å². The lowest BCUT2D eigenvalue weighted by molar-refractivity contribution is -0.158. The van der Waals surface area contributed by atoms with Crippen LogP contribution in [-0.2, 0) is 79.6 Å². The van der Waals surface area contributed by atoms with E-state index in [0.717, 1.165) is 55.6 Å². The molecule has 78 heavy (non-hydrogen) atoms. The van der Waals surface area contributed by atoms with E-state index in [-0.39, 0.29) is 46.2 Å². The van der Waals surface area contributed by atoms with Gasteiger partial charge in [0.1, 0.15) is 58.8 Å². The maximum absolute atomic E-state index is 13.4. The van der Waals surface area contributed by atoms with Gasteiger partial charge in [-0.3, -0.25) is 0 Å². The zero-order valence-corrected chi connectivity index (χ0v) is 47.0. The lowest BCUT2D eigenvalue weighted by Crippen LogP contribution is -2.27. The molecular formula is C63H78O15. The molecule has 5 aromatic rings. The smallest absolute Gasteiger partial charge is 0.344 e. The first-order valence-corrected chi connectivity index (χ1v) is 26.9. The fraction of sp³-hybridized carbons (Fsp3) is 0.476. The Balaban J connectivity index is 1.45. The summed E-state index contributed by atoms with van der Waals surface area (Å²) < 4.78 is 74.1. The molecule has 420 valence electrons. The van der Waals surface area contributed by atoms with Crippen LogP contribution in [0.15, 0.2) is 91.0 Å². The van der Waals surface area contributed by atoms with E-state index in [4.69, 9.17) is 56.8 Å². The van der Waals surface area contributed by atoms with Gasteiger partial charge >= 0.3 is 17.9 Å². The SMILES string of the molecule is CC(C)(C)OC(=O)COc1c2cccc1Cc1cccc3c1OCCOCCOCCOCCOCCOc1c(cccc1Cc1cccc(c1OCC(=O)OC(C)(C)C)Cc1cccc(c1OCC(=O)OC(C)(C)C)C3)C2. The van der Waals surface area contributed by atoms with E-state index in [1.165, 1.54) is 0 Å². The molecule has 1 heterocycles. The Bertz CT molecular complexity index is 2630. The lowest BCUT2D eigenvalue weighted by atomic mass is 9.91. The van der Waals surface area contributed by atoms with Gasteiger partial charge in [0.2, 0.25) is 0 Å². The predicted molar refractivity (Wildman–Crippen MR) is 295 cm³/mol. The summed E-state index contributed by atoms with van der Waals surface area (Å²) >= 11 is 0. The fourth-order valence-corrected chi connectivity index (χ4v) is 9.21. The molecule has 0 atom stereocenters. The van der Waals surface area contributed by atoms with Gasteiger partial charge in [-0.05, 0) is 118 Å². The molecule has 0 saturated heterocycles. The van der Waals surface area contributed by atoms with E-state index in [1.54, 1.807) is 0 Å². The molecule has 0 saturated carbocycles. The molecule has 1 aliphatic heterocycles. The minimum Gasteiger partial charge on any atom is -0.491 e. The molecular weight excluding hydrogens is 997 g/mol. The van der Waals surface area contributed by atoms with Crippen molar-refractivity contribution >= 4 is 17.9 Å². The summed E-state index contributed by atoms with van der Waals surface area (Å²) in [6.07, 6.45) is 1.69. The van der Waals surface area contributed by atoms with Crippen molar-refractivity contribution in [3.8, 4) is 28.7 Å². The Morgan fingerprint density at radius 1 is 0.333 bits per heavy atom. The van der Waals surface area contributed by atoms with Crippen molar-refractivity contribution < 1.29 is 71.2 Å². The van der Waals surface area contributed by atoms with Crippen molar-refractivity contribution in [3.05, 3.63) is 147 Å². The topological polar surface area (TPSA) is 162 Å². The van der Waals surface area contributed by atoms with Crippen molar-refractivity contribution in [1.82, 2.24) is 0 Å². The third-order valence-electron chi connectivity index (χ3n) is 12.1. The van der Waals surface area contributed by atoms with Crippen molar-refractivity contribution in [2.24, 2.45) is 0 Å². The molecule has 0 fully saturated rings. The standard InChI is InChI=1S/C63H78O15/c1-61(2,3)76-53(64)40-73-58-47-19-12-20-48(58)36-44-16-11-18-46-38-50-22-14-24-52(60(50)75-42-55(66)78-63(7,8)9)39-51-23-13-21-49(59(51)74-41-54(65)77-62(4,5)6)37-45-17-10-15-43(35-47)56(45)71-33-31-69-29-27-67-25-26-68-28-30-70-32-34-72-57(44)46/h10-24H,25-42H2,1-9H3. The summed E-state index contributed by atoms with van der Waals surface area (Å²) in [5, 5.41) is 0. The maximum Gasteiger partial charge on any atom is 0.344 e. The first kappa shape index (κ1) is 59.0. The number of rotatable bonds is 9. The second-order valence-corrected chi connectivity index (χ2v) is 22.2. The predicted octanol–water partition coefficient (Wildman–Crippen LogP) is 9.95. The van der Waals surface area contributed by atoms with Gasteiger partial charge in [-0.1, -0.05) is 91.0 Å². The van der Waals surface area contributed by atoms with Gasteiger partial charge in [-0.2, -0.15) is 0 Å². The Labute approximate surface area is 460 Å². The average Bonchev–Trinajstić information content (AvgIpc) is 3.42. The van der Waals surface area contributed by atoms with Crippen LogP contribution in [0, 0.1) is 0 Å². The van der Waals surface area contributed by atoms with Gasteiger partial charge in [0.15, 0.2) is 19.8 Å². The van der Waals surface area contributed by atoms with E-state index in [0.29, 0.717) is 100 Å². The Hall–Kier alpha value is -6.65. The normalized spacial score (nSPS) is 15.3. The monoisotopic (exact) mass is 1070 g/mol. The van der Waals surface area contributed by atoms with Gasteiger partial charge < -0.3 is 56.8 Å². The number of carbonyl (C=O) groups is 3. The summed E-state index contributed by atoms with van der Waals surface area (Å²) in [6, 6.07) is 29.9. The highest BCUT2D eigenvalue weighted by Crippen LogP contribution is 2.40. The van der Waals surface area contributed by atoms with Crippen LogP contribution in [0.1, 0.15) is 118 Å². The van der Waals surface area contributed by atoms with Crippen LogP contribution < -0.4 is 23.7 Å². The molecule has 0 N–H and O–H groups in total. The van der Waals surface area contributed by atoms with Crippen LogP contribution in [0.2, 0.25) is 0 Å². The molecule has 12 bridgehead atoms. The van der Waals surface area contributed by atoms with Crippen molar-refractivity contribution in [2.75, 3.05) is 85.9 Å². The molecule has 7 rings (SSSR count). The van der Waals surface area contributed by atoms with Gasteiger partial charge in [0.25, 0.3) is 0 Å². The number of esters is 3. The molecule has 0 amide bonds. The zero-order valence-electron chi connectivity index (χ0n) is 47.0. The highest BCUT2D eigenvalue weighted by Gasteiger charge is 2.26. The summed E-state index contributed by atoms with van der Waals surface area (Å²) in [5.41, 5.74) is 5.93. The largest absolute Gasteiger partial charge is 0.491 e. The summed E-state index contributed by atoms with van der Waals surface area (Å²) in [6.45, 7) is 18.6. The maximum atomic E-state index is 13.4. The van der Waals surface area contributed by atoms with Crippen LogP contribution in [0.25, 0.3) is 0 Å². The third-order valence-corrected chi connectivity index (χ3v) is 12.1. The van der Waals surface area contributed by atoms with Gasteiger partial charge in [0, 0.05) is 32.1 Å². The van der Waals surface area contributed by atoms with Crippen LogP contribution in [0.4, 0.5) is 0 Å². The zero-order chi connectivity index (χ0) is 55.7. The molecule has 2 aliphatic rings. The van der Waals surface area contributed by atoms with Crippen LogP contribution in [0.3, 0.4) is 0 Å². The van der Waals surface area contributed by atoms with Crippen molar-refractivity contribution in [3.63, 3.8) is 0 Å². The van der Waals surface area contributed by atoms with Gasteiger partial charge in [0.05, 0.1) is 52.9 Å². The lowest BCUT2D eigenvalue weighted by Gasteiger charge is -2.24.